The molecule has 0 heteroatoms. The van der Waals surface area contributed by atoms with Gasteiger partial charge in [-0.15, -0.1) is 0 Å². The van der Waals surface area contributed by atoms with E-state index < -0.39 is 0 Å². The first-order valence-electron chi connectivity index (χ1n) is 5.15. The first-order valence-corrected chi connectivity index (χ1v) is 5.15. The summed E-state index contributed by atoms with van der Waals surface area (Å²) in [6, 6.07) is 20.3. The Hall–Kier alpha value is -1.82. The second kappa shape index (κ2) is 3.09. The summed E-state index contributed by atoms with van der Waals surface area (Å²) >= 11 is 0. The van der Waals surface area contributed by atoms with Crippen molar-refractivity contribution in [2.45, 2.75) is 6.92 Å². The highest BCUT2D eigenvalue weighted by Crippen LogP contribution is 2.26. The molecule has 0 aliphatic rings. The molecule has 3 aromatic rings. The smallest absolute Gasteiger partial charge is 0.00694 e. The van der Waals surface area contributed by atoms with Gasteiger partial charge >= 0.3 is 0 Å². The number of fused-ring (bicyclic) bond motifs is 3. The Bertz CT molecular complexity index is 636. The van der Waals surface area contributed by atoms with E-state index in [1.165, 1.54) is 27.1 Å². The third kappa shape index (κ3) is 1.22. The van der Waals surface area contributed by atoms with Gasteiger partial charge in [-0.05, 0) is 46.2 Å². The van der Waals surface area contributed by atoms with Gasteiger partial charge in [0.15, 0.2) is 0 Å². The second-order valence-electron chi connectivity index (χ2n) is 3.87. The van der Waals surface area contributed by atoms with Crippen LogP contribution in [0.5, 0.6) is 0 Å². The number of hydrogen-bond donors (Lipinski definition) is 0. The van der Waals surface area contributed by atoms with Gasteiger partial charge in [0.2, 0.25) is 0 Å². The predicted octanol–water partition coefficient (Wildman–Crippen LogP) is 4.10. The zero-order valence-corrected chi connectivity index (χ0v) is 8.62. The summed E-state index contributed by atoms with van der Waals surface area (Å²) in [5, 5.41) is 5.11. The van der Waals surface area contributed by atoms with Gasteiger partial charge in [-0.25, -0.2) is 0 Å². The largest absolute Gasteiger partial charge is 0.0616 e. The van der Waals surface area contributed by atoms with Crippen molar-refractivity contribution in [2.24, 2.45) is 0 Å². The summed E-state index contributed by atoms with van der Waals surface area (Å²) in [7, 11) is 0. The highest BCUT2D eigenvalue weighted by Gasteiger charge is 2.00. The second-order valence-corrected chi connectivity index (χ2v) is 3.87. The molecule has 1 radical (unpaired) electrons. The minimum atomic E-state index is 1.23. The van der Waals surface area contributed by atoms with E-state index in [1.54, 1.807) is 0 Å². The molecule has 0 saturated heterocycles. The quantitative estimate of drug-likeness (QED) is 0.469. The summed E-state index contributed by atoms with van der Waals surface area (Å²) in [6.07, 6.45) is 0. The van der Waals surface area contributed by atoms with E-state index in [2.05, 4.69) is 61.5 Å². The van der Waals surface area contributed by atoms with Crippen molar-refractivity contribution < 1.29 is 0 Å². The van der Waals surface area contributed by atoms with E-state index in [-0.39, 0.29) is 0 Å². The Morgan fingerprint density at radius 3 is 2.60 bits per heavy atom. The van der Waals surface area contributed by atoms with E-state index >= 15 is 0 Å². The fourth-order valence-corrected chi connectivity index (χ4v) is 2.10. The maximum atomic E-state index is 3.36. The van der Waals surface area contributed by atoms with Crippen LogP contribution < -0.4 is 0 Å². The summed E-state index contributed by atoms with van der Waals surface area (Å²) < 4.78 is 0. The molecule has 0 aromatic heterocycles. The van der Waals surface area contributed by atoms with Crippen LogP contribution in [0.2, 0.25) is 0 Å². The van der Waals surface area contributed by atoms with Gasteiger partial charge in [0.1, 0.15) is 0 Å². The van der Waals surface area contributed by atoms with Crippen molar-refractivity contribution >= 4 is 21.5 Å². The molecular weight excluding hydrogens is 180 g/mol. The fourth-order valence-electron chi connectivity index (χ4n) is 2.10. The standard InChI is InChI=1S/C15H11/c1-11-5-4-8-15-13(11)10-9-12-6-2-3-7-14(12)15/h2-9H,1H3. The molecular formula is C15H11. The van der Waals surface area contributed by atoms with E-state index in [4.69, 9.17) is 0 Å². The maximum Gasteiger partial charge on any atom is -0.00694 e. The van der Waals surface area contributed by atoms with Crippen LogP contribution in [0.1, 0.15) is 5.56 Å². The molecule has 0 saturated carbocycles. The van der Waals surface area contributed by atoms with Gasteiger partial charge in [-0.2, -0.15) is 0 Å². The van der Waals surface area contributed by atoms with Crippen molar-refractivity contribution in [2.75, 3.05) is 0 Å². The van der Waals surface area contributed by atoms with Crippen LogP contribution in [0.15, 0.2) is 48.5 Å². The zero-order chi connectivity index (χ0) is 10.3. The van der Waals surface area contributed by atoms with Crippen LogP contribution in [-0.2, 0) is 0 Å². The Kier molecular flexibility index (Phi) is 1.75. The van der Waals surface area contributed by atoms with Crippen molar-refractivity contribution in [3.05, 3.63) is 60.2 Å². The first kappa shape index (κ1) is 8.49. The van der Waals surface area contributed by atoms with Crippen LogP contribution in [0.4, 0.5) is 0 Å². The SMILES string of the molecule is Cc1cccc2c1[c]cc1ccccc12. The average molecular weight is 191 g/mol. The Morgan fingerprint density at radius 1 is 0.867 bits per heavy atom. The molecule has 71 valence electrons. The molecule has 0 aliphatic heterocycles. The lowest BCUT2D eigenvalue weighted by atomic mass is 9.99. The van der Waals surface area contributed by atoms with Gasteiger partial charge < -0.3 is 0 Å². The molecule has 0 N–H and O–H groups in total. The monoisotopic (exact) mass is 191 g/mol. The lowest BCUT2D eigenvalue weighted by Gasteiger charge is -2.05. The normalized spacial score (nSPS) is 11.0. The van der Waals surface area contributed by atoms with E-state index in [0.29, 0.717) is 0 Å². The number of hydrogen-bond acceptors (Lipinski definition) is 0. The van der Waals surface area contributed by atoms with E-state index in [1.807, 2.05) is 0 Å². The molecule has 0 unspecified atom stereocenters. The Morgan fingerprint density at radius 2 is 1.67 bits per heavy atom. The zero-order valence-electron chi connectivity index (χ0n) is 8.62. The summed E-state index contributed by atoms with van der Waals surface area (Å²) in [4.78, 5) is 0. The Balaban J connectivity index is 2.60. The Labute approximate surface area is 89.2 Å². The summed E-state index contributed by atoms with van der Waals surface area (Å²) in [6.45, 7) is 2.13. The third-order valence-corrected chi connectivity index (χ3v) is 2.90. The van der Waals surface area contributed by atoms with Crippen molar-refractivity contribution in [1.29, 1.82) is 0 Å². The van der Waals surface area contributed by atoms with E-state index in [9.17, 15) is 0 Å². The van der Waals surface area contributed by atoms with Gasteiger partial charge in [-0.1, -0.05) is 42.5 Å². The molecule has 0 heterocycles. The van der Waals surface area contributed by atoms with Crippen LogP contribution in [0.3, 0.4) is 0 Å². The molecule has 0 bridgehead atoms. The molecule has 0 nitrogen and oxygen atoms in total. The molecule has 3 aromatic carbocycles. The third-order valence-electron chi connectivity index (χ3n) is 2.90. The van der Waals surface area contributed by atoms with E-state index in [0.717, 1.165) is 0 Å². The molecule has 0 amide bonds. The van der Waals surface area contributed by atoms with Gasteiger partial charge in [0, 0.05) is 0 Å². The molecule has 15 heavy (non-hydrogen) atoms. The van der Waals surface area contributed by atoms with Crippen LogP contribution >= 0.6 is 0 Å². The van der Waals surface area contributed by atoms with Gasteiger partial charge in [0.25, 0.3) is 0 Å². The summed E-state index contributed by atoms with van der Waals surface area (Å²) in [5.41, 5.74) is 1.29. The molecule has 0 spiro atoms. The van der Waals surface area contributed by atoms with Crippen molar-refractivity contribution in [3.63, 3.8) is 0 Å². The van der Waals surface area contributed by atoms with Crippen LogP contribution in [-0.4, -0.2) is 0 Å². The molecule has 3 rings (SSSR count). The van der Waals surface area contributed by atoms with Crippen molar-refractivity contribution in [1.82, 2.24) is 0 Å². The number of aryl methyl sites for hydroxylation is 1. The van der Waals surface area contributed by atoms with Crippen LogP contribution in [0, 0.1) is 13.0 Å². The van der Waals surface area contributed by atoms with Crippen LogP contribution in [0.25, 0.3) is 21.5 Å². The minimum absolute atomic E-state index is 1.23. The van der Waals surface area contributed by atoms with Gasteiger partial charge in [-0.3, -0.25) is 0 Å². The minimum Gasteiger partial charge on any atom is -0.0616 e. The topological polar surface area (TPSA) is 0 Å². The molecule has 0 atom stereocenters. The van der Waals surface area contributed by atoms with Gasteiger partial charge in [0.05, 0.1) is 0 Å². The highest BCUT2D eigenvalue weighted by atomic mass is 14.0. The average Bonchev–Trinajstić information content (AvgIpc) is 2.29. The maximum absolute atomic E-state index is 3.36. The molecule has 0 aliphatic carbocycles. The number of benzene rings is 3. The lowest BCUT2D eigenvalue weighted by Crippen LogP contribution is -1.80. The highest BCUT2D eigenvalue weighted by molar-refractivity contribution is 6.07. The van der Waals surface area contributed by atoms with Crippen molar-refractivity contribution in [3.8, 4) is 0 Å². The lowest BCUT2D eigenvalue weighted by molar-refractivity contribution is 1.54. The molecule has 0 fully saturated rings. The first-order chi connectivity index (χ1) is 7.36. The number of rotatable bonds is 0. The summed E-state index contributed by atoms with van der Waals surface area (Å²) in [5.74, 6) is 0. The predicted molar refractivity (Wildman–Crippen MR) is 65.0 cm³/mol. The fraction of sp³-hybridized carbons (Fsp3) is 0.0667.